The van der Waals surface area contributed by atoms with Gasteiger partial charge in [0, 0.05) is 12.3 Å². The van der Waals surface area contributed by atoms with E-state index in [1.165, 1.54) is 11.1 Å². The lowest BCUT2D eigenvalue weighted by molar-refractivity contribution is 0.866. The summed E-state index contributed by atoms with van der Waals surface area (Å²) < 4.78 is 0. The lowest BCUT2D eigenvalue weighted by Crippen LogP contribution is -1.88. The van der Waals surface area contributed by atoms with E-state index in [4.69, 9.17) is 11.6 Å². The number of nitrogens with one attached hydrogen (secondary N) is 1. The molecule has 0 saturated heterocycles. The number of aromatic nitrogens is 2. The Labute approximate surface area is 94.7 Å². The Bertz CT molecular complexity index is 474. The van der Waals surface area contributed by atoms with Gasteiger partial charge in [-0.05, 0) is 37.5 Å². The Hall–Kier alpha value is -1.02. The number of fused-ring (bicyclic) bond motifs is 1. The molecule has 0 aliphatic rings. The number of aromatic amines is 1. The van der Waals surface area contributed by atoms with Crippen LogP contribution < -0.4 is 0 Å². The standard InChI is InChI=1S/C12H15ClN2/c1-8-5-6-10-12(9(8)2)15-11(14-10)4-3-7-13/h5-6H,3-4,7H2,1-2H3,(H,14,15). The van der Waals surface area contributed by atoms with Gasteiger partial charge >= 0.3 is 0 Å². The molecular formula is C12H15ClN2. The molecule has 0 radical (unpaired) electrons. The quantitative estimate of drug-likeness (QED) is 0.793. The van der Waals surface area contributed by atoms with E-state index < -0.39 is 0 Å². The van der Waals surface area contributed by atoms with Gasteiger partial charge in [-0.1, -0.05) is 6.07 Å². The Morgan fingerprint density at radius 1 is 1.33 bits per heavy atom. The third kappa shape index (κ3) is 2.00. The summed E-state index contributed by atoms with van der Waals surface area (Å²) in [6, 6.07) is 4.22. The molecule has 0 aliphatic carbocycles. The summed E-state index contributed by atoms with van der Waals surface area (Å²) in [5.41, 5.74) is 4.78. The molecule has 0 aliphatic heterocycles. The van der Waals surface area contributed by atoms with E-state index >= 15 is 0 Å². The van der Waals surface area contributed by atoms with Crippen LogP contribution in [-0.2, 0) is 6.42 Å². The van der Waals surface area contributed by atoms with E-state index in [2.05, 4.69) is 35.9 Å². The van der Waals surface area contributed by atoms with Crippen LogP contribution in [-0.4, -0.2) is 15.8 Å². The van der Waals surface area contributed by atoms with E-state index in [1.54, 1.807) is 0 Å². The van der Waals surface area contributed by atoms with Crippen molar-refractivity contribution in [2.45, 2.75) is 26.7 Å². The Morgan fingerprint density at radius 3 is 2.87 bits per heavy atom. The second-order valence-electron chi connectivity index (χ2n) is 3.88. The van der Waals surface area contributed by atoms with Gasteiger partial charge in [0.2, 0.25) is 0 Å². The molecule has 2 nitrogen and oxygen atoms in total. The number of aryl methyl sites for hydroxylation is 3. The molecule has 0 spiro atoms. The van der Waals surface area contributed by atoms with Crippen LogP contribution in [0, 0.1) is 13.8 Å². The molecule has 15 heavy (non-hydrogen) atoms. The van der Waals surface area contributed by atoms with Crippen molar-refractivity contribution in [1.29, 1.82) is 0 Å². The predicted octanol–water partition coefficient (Wildman–Crippen LogP) is 3.35. The highest BCUT2D eigenvalue weighted by atomic mass is 35.5. The number of hydrogen-bond acceptors (Lipinski definition) is 1. The molecule has 0 amide bonds. The average Bonchev–Trinajstić information content (AvgIpc) is 2.64. The van der Waals surface area contributed by atoms with Gasteiger partial charge < -0.3 is 4.98 Å². The molecule has 3 heteroatoms. The first-order valence-electron chi connectivity index (χ1n) is 5.23. The van der Waals surface area contributed by atoms with Gasteiger partial charge in [0.05, 0.1) is 11.0 Å². The molecule has 2 rings (SSSR count). The van der Waals surface area contributed by atoms with Crippen molar-refractivity contribution in [3.63, 3.8) is 0 Å². The van der Waals surface area contributed by atoms with Crippen LogP contribution in [0.15, 0.2) is 12.1 Å². The largest absolute Gasteiger partial charge is 0.342 e. The zero-order valence-electron chi connectivity index (χ0n) is 9.10. The number of halogens is 1. The number of hydrogen-bond donors (Lipinski definition) is 1. The normalized spacial score (nSPS) is 11.1. The van der Waals surface area contributed by atoms with Crippen molar-refractivity contribution in [3.05, 3.63) is 29.1 Å². The lowest BCUT2D eigenvalue weighted by atomic mass is 10.1. The van der Waals surface area contributed by atoms with Crippen molar-refractivity contribution in [2.75, 3.05) is 5.88 Å². The maximum Gasteiger partial charge on any atom is 0.107 e. The van der Waals surface area contributed by atoms with Crippen LogP contribution in [0.4, 0.5) is 0 Å². The molecule has 1 N–H and O–H groups in total. The minimum absolute atomic E-state index is 0.690. The molecule has 0 unspecified atom stereocenters. The van der Waals surface area contributed by atoms with E-state index in [0.29, 0.717) is 5.88 Å². The number of rotatable bonds is 3. The van der Waals surface area contributed by atoms with E-state index in [1.807, 2.05) is 0 Å². The third-order valence-electron chi connectivity index (χ3n) is 2.77. The summed E-state index contributed by atoms with van der Waals surface area (Å²) in [5, 5.41) is 0. The van der Waals surface area contributed by atoms with Crippen LogP contribution in [0.5, 0.6) is 0 Å². The molecule has 0 atom stereocenters. The molecule has 0 saturated carbocycles. The highest BCUT2D eigenvalue weighted by molar-refractivity contribution is 6.17. The molecule has 1 aromatic heterocycles. The minimum atomic E-state index is 0.690. The molecule has 0 fully saturated rings. The maximum atomic E-state index is 5.66. The smallest absolute Gasteiger partial charge is 0.107 e. The highest BCUT2D eigenvalue weighted by Gasteiger charge is 2.06. The topological polar surface area (TPSA) is 28.7 Å². The van der Waals surface area contributed by atoms with E-state index in [-0.39, 0.29) is 0 Å². The van der Waals surface area contributed by atoms with E-state index in [0.717, 1.165) is 29.7 Å². The second-order valence-corrected chi connectivity index (χ2v) is 4.26. The summed E-state index contributed by atoms with van der Waals surface area (Å²) in [6.07, 6.45) is 1.90. The van der Waals surface area contributed by atoms with Crippen molar-refractivity contribution >= 4 is 22.6 Å². The average molecular weight is 223 g/mol. The van der Waals surface area contributed by atoms with Gasteiger partial charge in [-0.25, -0.2) is 4.98 Å². The maximum absolute atomic E-state index is 5.66. The summed E-state index contributed by atoms with van der Waals surface area (Å²) in [6.45, 7) is 4.23. The summed E-state index contributed by atoms with van der Waals surface area (Å²) >= 11 is 5.66. The molecule has 1 aromatic carbocycles. The third-order valence-corrected chi connectivity index (χ3v) is 3.04. The van der Waals surface area contributed by atoms with Crippen LogP contribution in [0.25, 0.3) is 11.0 Å². The fraction of sp³-hybridized carbons (Fsp3) is 0.417. The first-order chi connectivity index (χ1) is 7.22. The Kier molecular flexibility index (Phi) is 2.96. The van der Waals surface area contributed by atoms with Crippen molar-refractivity contribution < 1.29 is 0 Å². The van der Waals surface area contributed by atoms with Crippen LogP contribution >= 0.6 is 11.6 Å². The van der Waals surface area contributed by atoms with E-state index in [9.17, 15) is 0 Å². The summed E-state index contributed by atoms with van der Waals surface area (Å²) in [4.78, 5) is 7.93. The monoisotopic (exact) mass is 222 g/mol. The van der Waals surface area contributed by atoms with Gasteiger partial charge in [-0.2, -0.15) is 0 Å². The lowest BCUT2D eigenvalue weighted by Gasteiger charge is -1.98. The Morgan fingerprint density at radius 2 is 2.13 bits per heavy atom. The number of nitrogens with zero attached hydrogens (tertiary/aromatic N) is 1. The highest BCUT2D eigenvalue weighted by Crippen LogP contribution is 2.19. The first-order valence-corrected chi connectivity index (χ1v) is 5.76. The number of imidazole rings is 1. The predicted molar refractivity (Wildman–Crippen MR) is 64.6 cm³/mol. The molecular weight excluding hydrogens is 208 g/mol. The fourth-order valence-electron chi connectivity index (χ4n) is 1.72. The second kappa shape index (κ2) is 4.23. The fourth-order valence-corrected chi connectivity index (χ4v) is 1.85. The first kappa shape index (κ1) is 10.5. The van der Waals surface area contributed by atoms with Gasteiger partial charge in [-0.15, -0.1) is 11.6 Å². The zero-order valence-corrected chi connectivity index (χ0v) is 9.86. The zero-order chi connectivity index (χ0) is 10.8. The Balaban J connectivity index is 2.42. The minimum Gasteiger partial charge on any atom is -0.342 e. The summed E-state index contributed by atoms with van der Waals surface area (Å²) in [5.74, 6) is 1.73. The molecule has 80 valence electrons. The molecule has 1 heterocycles. The van der Waals surface area contributed by atoms with Crippen molar-refractivity contribution in [1.82, 2.24) is 9.97 Å². The van der Waals surface area contributed by atoms with Crippen LogP contribution in [0.1, 0.15) is 23.4 Å². The van der Waals surface area contributed by atoms with Crippen LogP contribution in [0.3, 0.4) is 0 Å². The van der Waals surface area contributed by atoms with Gasteiger partial charge in [0.15, 0.2) is 0 Å². The SMILES string of the molecule is Cc1ccc2[nH]c(CCCCl)nc2c1C. The number of benzene rings is 1. The summed E-state index contributed by atoms with van der Waals surface area (Å²) in [7, 11) is 0. The van der Waals surface area contributed by atoms with Crippen molar-refractivity contribution in [3.8, 4) is 0 Å². The molecule has 0 bridgehead atoms. The van der Waals surface area contributed by atoms with Crippen LogP contribution in [0.2, 0.25) is 0 Å². The van der Waals surface area contributed by atoms with Gasteiger partial charge in [-0.3, -0.25) is 0 Å². The number of alkyl halides is 1. The number of H-pyrrole nitrogens is 1. The van der Waals surface area contributed by atoms with Gasteiger partial charge in [0.25, 0.3) is 0 Å². The van der Waals surface area contributed by atoms with Gasteiger partial charge in [0.1, 0.15) is 5.82 Å². The molecule has 2 aromatic rings. The van der Waals surface area contributed by atoms with Crippen molar-refractivity contribution in [2.24, 2.45) is 0 Å².